The molecule has 138 valence electrons. The molecule has 2 aromatic carbocycles. The second kappa shape index (κ2) is 9.24. The summed E-state index contributed by atoms with van der Waals surface area (Å²) >= 11 is 3.37. The summed E-state index contributed by atoms with van der Waals surface area (Å²) in [5.74, 6) is 0.479. The van der Waals surface area contributed by atoms with E-state index in [0.717, 1.165) is 4.47 Å². The van der Waals surface area contributed by atoms with Crippen LogP contribution >= 0.6 is 15.9 Å². The number of carbonyl (C=O) groups excluding carboxylic acids is 2. The number of benzene rings is 2. The van der Waals surface area contributed by atoms with Gasteiger partial charge in [0.1, 0.15) is 0 Å². The SMILES string of the molecule is CCOc1cc(C(=O)N(C)CC(=O)Nc2ccccc2Br)ccc1OC. The Balaban J connectivity index is 2.06. The van der Waals surface area contributed by atoms with Crippen molar-refractivity contribution >= 4 is 33.4 Å². The average molecular weight is 421 g/mol. The number of methoxy groups -OCH3 is 1. The maximum atomic E-state index is 12.6. The van der Waals surface area contributed by atoms with Crippen LogP contribution in [0, 0.1) is 0 Å². The van der Waals surface area contributed by atoms with Crippen LogP contribution in [0.1, 0.15) is 17.3 Å². The number of anilines is 1. The number of likely N-dealkylation sites (N-methyl/N-ethyl adjacent to an activating group) is 1. The molecule has 0 aliphatic heterocycles. The van der Waals surface area contributed by atoms with Crippen LogP contribution in [0.3, 0.4) is 0 Å². The number of carbonyl (C=O) groups is 2. The Morgan fingerprint density at radius 3 is 2.54 bits per heavy atom. The predicted molar refractivity (Wildman–Crippen MR) is 104 cm³/mol. The first-order chi connectivity index (χ1) is 12.5. The molecule has 0 aromatic heterocycles. The van der Waals surface area contributed by atoms with E-state index < -0.39 is 0 Å². The fraction of sp³-hybridized carbons (Fsp3) is 0.263. The van der Waals surface area contributed by atoms with E-state index in [1.165, 1.54) is 12.0 Å². The van der Waals surface area contributed by atoms with Gasteiger partial charge in [0, 0.05) is 17.1 Å². The zero-order chi connectivity index (χ0) is 19.1. The zero-order valence-electron chi connectivity index (χ0n) is 14.9. The third-order valence-corrected chi connectivity index (χ3v) is 4.28. The molecule has 7 heteroatoms. The summed E-state index contributed by atoms with van der Waals surface area (Å²) in [5, 5.41) is 2.77. The van der Waals surface area contributed by atoms with Crippen molar-refractivity contribution in [2.24, 2.45) is 0 Å². The number of rotatable bonds is 7. The predicted octanol–water partition coefficient (Wildman–Crippen LogP) is 3.57. The summed E-state index contributed by atoms with van der Waals surface area (Å²) in [7, 11) is 3.12. The number of nitrogens with one attached hydrogen (secondary N) is 1. The Morgan fingerprint density at radius 2 is 1.88 bits per heavy atom. The normalized spacial score (nSPS) is 10.2. The van der Waals surface area contributed by atoms with Crippen molar-refractivity contribution in [3.63, 3.8) is 0 Å². The maximum absolute atomic E-state index is 12.6. The van der Waals surface area contributed by atoms with Crippen molar-refractivity contribution in [3.05, 3.63) is 52.5 Å². The minimum atomic E-state index is -0.286. The van der Waals surface area contributed by atoms with Crippen molar-refractivity contribution in [1.82, 2.24) is 4.90 Å². The molecule has 0 unspecified atom stereocenters. The van der Waals surface area contributed by atoms with E-state index in [9.17, 15) is 9.59 Å². The van der Waals surface area contributed by atoms with E-state index >= 15 is 0 Å². The molecule has 2 rings (SSSR count). The van der Waals surface area contributed by atoms with Crippen LogP contribution < -0.4 is 14.8 Å². The molecule has 0 atom stereocenters. The summed E-state index contributed by atoms with van der Waals surface area (Å²) in [5.41, 5.74) is 1.08. The first-order valence-corrected chi connectivity index (χ1v) is 8.86. The van der Waals surface area contributed by atoms with E-state index in [1.807, 2.05) is 25.1 Å². The molecular formula is C19H21BrN2O4. The van der Waals surface area contributed by atoms with Gasteiger partial charge in [-0.05, 0) is 53.2 Å². The molecule has 2 amide bonds. The molecule has 6 nitrogen and oxygen atoms in total. The van der Waals surface area contributed by atoms with Gasteiger partial charge in [0.15, 0.2) is 11.5 Å². The molecule has 0 aliphatic carbocycles. The minimum absolute atomic E-state index is 0.0732. The lowest BCUT2D eigenvalue weighted by Gasteiger charge is -2.18. The lowest BCUT2D eigenvalue weighted by atomic mass is 10.1. The molecule has 0 radical (unpaired) electrons. The van der Waals surface area contributed by atoms with E-state index in [-0.39, 0.29) is 18.4 Å². The zero-order valence-corrected chi connectivity index (χ0v) is 16.5. The Bertz CT molecular complexity index is 795. The summed E-state index contributed by atoms with van der Waals surface area (Å²) < 4.78 is 11.5. The van der Waals surface area contributed by atoms with Crippen LogP contribution in [-0.4, -0.2) is 44.0 Å². The number of nitrogens with zero attached hydrogens (tertiary/aromatic N) is 1. The van der Waals surface area contributed by atoms with Crippen molar-refractivity contribution in [1.29, 1.82) is 0 Å². The van der Waals surface area contributed by atoms with Gasteiger partial charge in [0.05, 0.1) is 25.9 Å². The highest BCUT2D eigenvalue weighted by Gasteiger charge is 2.17. The number of halogens is 1. The fourth-order valence-electron chi connectivity index (χ4n) is 2.34. The maximum Gasteiger partial charge on any atom is 0.254 e. The van der Waals surface area contributed by atoms with Crippen LogP contribution in [0.5, 0.6) is 11.5 Å². The largest absolute Gasteiger partial charge is 0.493 e. The molecule has 1 N–H and O–H groups in total. The van der Waals surface area contributed by atoms with Crippen LogP contribution in [0.15, 0.2) is 46.9 Å². The first-order valence-electron chi connectivity index (χ1n) is 8.07. The summed E-state index contributed by atoms with van der Waals surface area (Å²) in [6.45, 7) is 2.24. The summed E-state index contributed by atoms with van der Waals surface area (Å²) in [6.07, 6.45) is 0. The Hall–Kier alpha value is -2.54. The molecule has 0 aliphatic rings. The van der Waals surface area contributed by atoms with Crippen LogP contribution in [0.25, 0.3) is 0 Å². The van der Waals surface area contributed by atoms with E-state index in [4.69, 9.17) is 9.47 Å². The van der Waals surface area contributed by atoms with Gasteiger partial charge >= 0.3 is 0 Å². The molecule has 0 saturated heterocycles. The number of ether oxygens (including phenoxy) is 2. The Labute approximate surface area is 161 Å². The van der Waals surface area contributed by atoms with Gasteiger partial charge in [-0.15, -0.1) is 0 Å². The summed E-state index contributed by atoms with van der Waals surface area (Å²) in [6, 6.07) is 12.2. The van der Waals surface area contributed by atoms with Crippen molar-refractivity contribution < 1.29 is 19.1 Å². The fourth-order valence-corrected chi connectivity index (χ4v) is 2.72. The molecule has 0 fully saturated rings. The van der Waals surface area contributed by atoms with Crippen molar-refractivity contribution in [2.45, 2.75) is 6.92 Å². The van der Waals surface area contributed by atoms with E-state index in [1.54, 1.807) is 31.3 Å². The molecule has 26 heavy (non-hydrogen) atoms. The molecule has 0 saturated carbocycles. The first kappa shape index (κ1) is 19.8. The average Bonchev–Trinajstić information content (AvgIpc) is 2.63. The smallest absolute Gasteiger partial charge is 0.254 e. The number of hydrogen-bond donors (Lipinski definition) is 1. The Morgan fingerprint density at radius 1 is 1.15 bits per heavy atom. The van der Waals surface area contributed by atoms with Crippen LogP contribution in [0.2, 0.25) is 0 Å². The topological polar surface area (TPSA) is 67.9 Å². The molecule has 0 spiro atoms. The van der Waals surface area contributed by atoms with Gasteiger partial charge in [-0.25, -0.2) is 0 Å². The van der Waals surface area contributed by atoms with Crippen LogP contribution in [-0.2, 0) is 4.79 Å². The standard InChI is InChI=1S/C19H21BrN2O4/c1-4-26-17-11-13(9-10-16(17)25-3)19(24)22(2)12-18(23)21-15-8-6-5-7-14(15)20/h5-11H,4,12H2,1-3H3,(H,21,23). The molecule has 0 bridgehead atoms. The quantitative estimate of drug-likeness (QED) is 0.743. The highest BCUT2D eigenvalue weighted by molar-refractivity contribution is 9.10. The minimum Gasteiger partial charge on any atom is -0.493 e. The monoisotopic (exact) mass is 420 g/mol. The highest BCUT2D eigenvalue weighted by Crippen LogP contribution is 2.28. The van der Waals surface area contributed by atoms with Crippen molar-refractivity contribution in [2.75, 3.05) is 32.6 Å². The lowest BCUT2D eigenvalue weighted by molar-refractivity contribution is -0.116. The summed E-state index contributed by atoms with van der Waals surface area (Å²) in [4.78, 5) is 26.2. The van der Waals surface area contributed by atoms with Gasteiger partial charge in [0.25, 0.3) is 5.91 Å². The number of para-hydroxylation sites is 1. The van der Waals surface area contributed by atoms with Gasteiger partial charge in [-0.2, -0.15) is 0 Å². The highest BCUT2D eigenvalue weighted by atomic mass is 79.9. The third kappa shape index (κ3) is 4.98. The molecule has 2 aromatic rings. The third-order valence-electron chi connectivity index (χ3n) is 3.59. The van der Waals surface area contributed by atoms with E-state index in [2.05, 4.69) is 21.2 Å². The number of amides is 2. The molecule has 0 heterocycles. The molecular weight excluding hydrogens is 400 g/mol. The van der Waals surface area contributed by atoms with Gasteiger partial charge in [-0.3, -0.25) is 9.59 Å². The van der Waals surface area contributed by atoms with Crippen molar-refractivity contribution in [3.8, 4) is 11.5 Å². The Kier molecular flexibility index (Phi) is 7.03. The van der Waals surface area contributed by atoms with Crippen LogP contribution in [0.4, 0.5) is 5.69 Å². The lowest BCUT2D eigenvalue weighted by Crippen LogP contribution is -2.35. The van der Waals surface area contributed by atoms with Gasteiger partial charge in [0.2, 0.25) is 5.91 Å². The van der Waals surface area contributed by atoms with E-state index in [0.29, 0.717) is 29.4 Å². The van der Waals surface area contributed by atoms with Gasteiger partial charge < -0.3 is 19.7 Å². The second-order valence-electron chi connectivity index (χ2n) is 5.49. The van der Waals surface area contributed by atoms with Gasteiger partial charge in [-0.1, -0.05) is 12.1 Å². The second-order valence-corrected chi connectivity index (χ2v) is 6.34. The number of hydrogen-bond acceptors (Lipinski definition) is 4.